The molecule has 0 saturated heterocycles. The fourth-order valence-corrected chi connectivity index (χ4v) is 3.96. The smallest absolute Gasteiger partial charge is 0.242 e. The van der Waals surface area contributed by atoms with Crippen LogP contribution in [0.2, 0.25) is 0 Å². The predicted molar refractivity (Wildman–Crippen MR) is 127 cm³/mol. The Kier molecular flexibility index (Phi) is 8.22. The van der Waals surface area contributed by atoms with E-state index in [0.29, 0.717) is 32.4 Å². The molecule has 0 aromatic heterocycles. The largest absolute Gasteiger partial charge is 0.354 e. The summed E-state index contributed by atoms with van der Waals surface area (Å²) in [5, 5.41) is 5.33. The molecule has 31 heavy (non-hydrogen) atoms. The maximum Gasteiger partial charge on any atom is 0.242 e. The third kappa shape index (κ3) is 5.94. The van der Waals surface area contributed by atoms with Crippen LogP contribution in [0.5, 0.6) is 0 Å². The summed E-state index contributed by atoms with van der Waals surface area (Å²) in [6.45, 7) is 5.05. The molecule has 4 nitrogen and oxygen atoms in total. The van der Waals surface area contributed by atoms with Crippen LogP contribution in [-0.2, 0) is 22.6 Å². The van der Waals surface area contributed by atoms with Gasteiger partial charge in [0.05, 0.1) is 0 Å². The number of carbonyl (C=O) groups is 2. The minimum Gasteiger partial charge on any atom is -0.354 e. The SMILES string of the molecule is CCCNC(=O)[C@@H](CC)N(Cc1ccccc1)C(=O)CCc1cccc2ccccc12. The fraction of sp³-hybridized carbons (Fsp3) is 0.333. The molecule has 2 amide bonds. The van der Waals surface area contributed by atoms with Gasteiger partial charge < -0.3 is 10.2 Å². The van der Waals surface area contributed by atoms with Crippen LogP contribution in [0.15, 0.2) is 72.8 Å². The lowest BCUT2D eigenvalue weighted by Crippen LogP contribution is -2.49. The van der Waals surface area contributed by atoms with Crippen LogP contribution in [0.4, 0.5) is 0 Å². The Morgan fingerprint density at radius 3 is 2.35 bits per heavy atom. The number of fused-ring (bicyclic) bond motifs is 1. The first kappa shape index (κ1) is 22.5. The molecular formula is C27H32N2O2. The summed E-state index contributed by atoms with van der Waals surface area (Å²) in [5.74, 6) is -0.0610. The van der Waals surface area contributed by atoms with Crippen molar-refractivity contribution in [1.82, 2.24) is 10.2 Å². The van der Waals surface area contributed by atoms with E-state index in [4.69, 9.17) is 0 Å². The Morgan fingerprint density at radius 1 is 0.903 bits per heavy atom. The molecule has 3 rings (SSSR count). The van der Waals surface area contributed by atoms with Crippen LogP contribution in [-0.4, -0.2) is 29.3 Å². The van der Waals surface area contributed by atoms with E-state index in [2.05, 4.69) is 29.6 Å². The maximum atomic E-state index is 13.4. The number of benzene rings is 3. The minimum atomic E-state index is -0.466. The average Bonchev–Trinajstić information content (AvgIpc) is 2.81. The fourth-order valence-electron chi connectivity index (χ4n) is 3.96. The molecule has 3 aromatic rings. The van der Waals surface area contributed by atoms with Gasteiger partial charge in [-0.1, -0.05) is 86.6 Å². The van der Waals surface area contributed by atoms with Gasteiger partial charge in [0, 0.05) is 19.5 Å². The van der Waals surface area contributed by atoms with Crippen molar-refractivity contribution in [3.8, 4) is 0 Å². The first-order chi connectivity index (χ1) is 15.1. The van der Waals surface area contributed by atoms with E-state index in [1.54, 1.807) is 4.90 Å². The number of rotatable bonds is 10. The summed E-state index contributed by atoms with van der Waals surface area (Å²) in [6.07, 6.45) is 2.48. The second-order valence-electron chi connectivity index (χ2n) is 7.86. The Hall–Kier alpha value is -3.14. The molecule has 0 radical (unpaired) electrons. The molecule has 0 heterocycles. The second-order valence-corrected chi connectivity index (χ2v) is 7.86. The van der Waals surface area contributed by atoms with Crippen molar-refractivity contribution in [1.29, 1.82) is 0 Å². The van der Waals surface area contributed by atoms with Gasteiger partial charge in [0.25, 0.3) is 0 Å². The molecule has 0 aliphatic heterocycles. The lowest BCUT2D eigenvalue weighted by Gasteiger charge is -2.31. The third-order valence-electron chi connectivity index (χ3n) is 5.62. The Morgan fingerprint density at radius 2 is 1.61 bits per heavy atom. The van der Waals surface area contributed by atoms with Gasteiger partial charge in [-0.25, -0.2) is 0 Å². The average molecular weight is 417 g/mol. The van der Waals surface area contributed by atoms with E-state index in [1.807, 2.05) is 62.4 Å². The van der Waals surface area contributed by atoms with Gasteiger partial charge in [0.2, 0.25) is 11.8 Å². The molecule has 0 fully saturated rings. The van der Waals surface area contributed by atoms with Gasteiger partial charge in [0.1, 0.15) is 6.04 Å². The molecule has 1 N–H and O–H groups in total. The number of aryl methyl sites for hydroxylation is 1. The second kappa shape index (κ2) is 11.3. The molecule has 0 spiro atoms. The summed E-state index contributed by atoms with van der Waals surface area (Å²) >= 11 is 0. The maximum absolute atomic E-state index is 13.4. The molecule has 3 aromatic carbocycles. The molecular weight excluding hydrogens is 384 g/mol. The monoisotopic (exact) mass is 416 g/mol. The summed E-state index contributed by atoms with van der Waals surface area (Å²) < 4.78 is 0. The Balaban J connectivity index is 1.79. The highest BCUT2D eigenvalue weighted by Crippen LogP contribution is 2.21. The van der Waals surface area contributed by atoms with Crippen LogP contribution >= 0.6 is 0 Å². The third-order valence-corrected chi connectivity index (χ3v) is 5.62. The van der Waals surface area contributed by atoms with Crippen molar-refractivity contribution in [2.45, 2.75) is 52.1 Å². The zero-order valence-electron chi connectivity index (χ0n) is 18.5. The molecule has 0 saturated carbocycles. The predicted octanol–water partition coefficient (Wildman–Crippen LogP) is 5.11. The standard InChI is InChI=1S/C27H32N2O2/c1-3-19-28-27(31)25(4-2)29(20-21-11-6-5-7-12-21)26(30)18-17-23-15-10-14-22-13-8-9-16-24(22)23/h5-16,25H,3-4,17-20H2,1-2H3,(H,28,31)/t25-/m1/s1. The van der Waals surface area contributed by atoms with Gasteiger partial charge in [-0.05, 0) is 41.2 Å². The van der Waals surface area contributed by atoms with Crippen molar-refractivity contribution in [2.24, 2.45) is 0 Å². The number of nitrogens with zero attached hydrogens (tertiary/aromatic N) is 1. The van der Waals surface area contributed by atoms with Crippen LogP contribution in [0.3, 0.4) is 0 Å². The van der Waals surface area contributed by atoms with Crippen LogP contribution in [0.1, 0.15) is 44.2 Å². The topological polar surface area (TPSA) is 49.4 Å². The Bertz CT molecular complexity index is 995. The van der Waals surface area contributed by atoms with Crippen molar-refractivity contribution in [3.05, 3.63) is 83.9 Å². The lowest BCUT2D eigenvalue weighted by atomic mass is 10.00. The molecule has 0 aliphatic rings. The van der Waals surface area contributed by atoms with E-state index in [9.17, 15) is 9.59 Å². The van der Waals surface area contributed by atoms with Crippen molar-refractivity contribution >= 4 is 22.6 Å². The molecule has 4 heteroatoms. The highest BCUT2D eigenvalue weighted by Gasteiger charge is 2.28. The number of nitrogens with one attached hydrogen (secondary N) is 1. The highest BCUT2D eigenvalue weighted by atomic mass is 16.2. The molecule has 1 atom stereocenters. The van der Waals surface area contributed by atoms with E-state index >= 15 is 0 Å². The van der Waals surface area contributed by atoms with Crippen LogP contribution < -0.4 is 5.32 Å². The molecule has 0 aliphatic carbocycles. The number of hydrogen-bond donors (Lipinski definition) is 1. The van der Waals surface area contributed by atoms with Gasteiger partial charge in [-0.2, -0.15) is 0 Å². The van der Waals surface area contributed by atoms with E-state index in [-0.39, 0.29) is 11.8 Å². The van der Waals surface area contributed by atoms with E-state index in [0.717, 1.165) is 17.5 Å². The van der Waals surface area contributed by atoms with Crippen molar-refractivity contribution < 1.29 is 9.59 Å². The van der Waals surface area contributed by atoms with Gasteiger partial charge in [0.15, 0.2) is 0 Å². The van der Waals surface area contributed by atoms with E-state index < -0.39 is 6.04 Å². The molecule has 162 valence electrons. The lowest BCUT2D eigenvalue weighted by molar-refractivity contribution is -0.141. The number of carbonyl (C=O) groups excluding carboxylic acids is 2. The summed E-state index contributed by atoms with van der Waals surface area (Å²) in [7, 11) is 0. The zero-order valence-corrected chi connectivity index (χ0v) is 18.5. The van der Waals surface area contributed by atoms with Crippen molar-refractivity contribution in [2.75, 3.05) is 6.54 Å². The summed E-state index contributed by atoms with van der Waals surface area (Å²) in [5.41, 5.74) is 2.19. The zero-order chi connectivity index (χ0) is 22.1. The first-order valence-corrected chi connectivity index (χ1v) is 11.2. The number of hydrogen-bond acceptors (Lipinski definition) is 2. The number of amides is 2. The van der Waals surface area contributed by atoms with E-state index in [1.165, 1.54) is 10.8 Å². The quantitative estimate of drug-likeness (QED) is 0.499. The van der Waals surface area contributed by atoms with Crippen molar-refractivity contribution in [3.63, 3.8) is 0 Å². The van der Waals surface area contributed by atoms with Crippen LogP contribution in [0.25, 0.3) is 10.8 Å². The minimum absolute atomic E-state index is 0.00952. The van der Waals surface area contributed by atoms with Gasteiger partial charge >= 0.3 is 0 Å². The summed E-state index contributed by atoms with van der Waals surface area (Å²) in [4.78, 5) is 28.0. The first-order valence-electron chi connectivity index (χ1n) is 11.2. The summed E-state index contributed by atoms with van der Waals surface area (Å²) in [6, 6.07) is 23.9. The normalized spacial score (nSPS) is 11.8. The Labute approximate surface area is 185 Å². The van der Waals surface area contributed by atoms with Gasteiger partial charge in [-0.3, -0.25) is 9.59 Å². The molecule has 0 unspecified atom stereocenters. The van der Waals surface area contributed by atoms with Crippen LogP contribution in [0, 0.1) is 0 Å². The molecule has 0 bridgehead atoms. The highest BCUT2D eigenvalue weighted by molar-refractivity contribution is 5.89. The van der Waals surface area contributed by atoms with Gasteiger partial charge in [-0.15, -0.1) is 0 Å².